The first-order valence-electron chi connectivity index (χ1n) is 10.5. The molecule has 0 bridgehead atoms. The first kappa shape index (κ1) is 22.9. The Bertz CT molecular complexity index is 1040. The Morgan fingerprint density at radius 2 is 2.06 bits per heavy atom. The minimum Gasteiger partial charge on any atom is -0.474 e. The second-order valence-corrected chi connectivity index (χ2v) is 9.41. The van der Waals surface area contributed by atoms with Crippen LogP contribution >= 0.6 is 0 Å². The van der Waals surface area contributed by atoms with E-state index >= 15 is 0 Å². The van der Waals surface area contributed by atoms with Crippen LogP contribution in [0, 0.1) is 5.92 Å². The summed E-state index contributed by atoms with van der Waals surface area (Å²) in [4.78, 5) is 8.51. The number of nitrogens with zero attached hydrogens (tertiary/aromatic N) is 2. The number of aliphatic hydroxyl groups is 1. The Morgan fingerprint density at radius 1 is 1.25 bits per heavy atom. The molecule has 1 aromatic heterocycles. The number of aryl methyl sites for hydroxylation is 1. The van der Waals surface area contributed by atoms with E-state index in [0.717, 1.165) is 12.8 Å². The molecule has 0 spiro atoms. The summed E-state index contributed by atoms with van der Waals surface area (Å²) in [6.45, 7) is -0.185. The molecule has 0 saturated heterocycles. The van der Waals surface area contributed by atoms with E-state index in [0.29, 0.717) is 24.5 Å². The molecule has 0 radical (unpaired) electrons. The molecule has 2 aliphatic carbocycles. The number of ether oxygens (including phenoxy) is 2. The number of hydrogen-bond donors (Lipinski definition) is 3. The van der Waals surface area contributed by atoms with E-state index in [9.17, 15) is 13.5 Å². The summed E-state index contributed by atoms with van der Waals surface area (Å²) in [6, 6.07) is 9.94. The van der Waals surface area contributed by atoms with Crippen LogP contribution in [0.4, 0.5) is 5.82 Å². The van der Waals surface area contributed by atoms with Crippen molar-refractivity contribution in [1.82, 2.24) is 9.97 Å². The molecule has 4 rings (SSSR count). The van der Waals surface area contributed by atoms with Crippen molar-refractivity contribution < 1.29 is 27.2 Å². The zero-order valence-electron chi connectivity index (χ0n) is 17.8. The SMILES string of the molecule is CO[C@H]1CCc2ccccc2[C@H]1Nc1cc(OC2CC(O)C(COS(N)(=O)=O)C2)ncn1. The van der Waals surface area contributed by atoms with Crippen LogP contribution in [0.3, 0.4) is 0 Å². The molecule has 1 fully saturated rings. The van der Waals surface area contributed by atoms with Crippen molar-refractivity contribution in [1.29, 1.82) is 0 Å². The van der Waals surface area contributed by atoms with Crippen LogP contribution in [0.15, 0.2) is 36.7 Å². The van der Waals surface area contributed by atoms with Crippen molar-refractivity contribution in [2.24, 2.45) is 11.1 Å². The van der Waals surface area contributed by atoms with Gasteiger partial charge in [0, 0.05) is 25.5 Å². The summed E-state index contributed by atoms with van der Waals surface area (Å²) < 4.78 is 38.3. The minimum atomic E-state index is -4.05. The number of methoxy groups -OCH3 is 1. The van der Waals surface area contributed by atoms with E-state index in [-0.39, 0.29) is 30.8 Å². The van der Waals surface area contributed by atoms with E-state index in [1.165, 1.54) is 17.5 Å². The van der Waals surface area contributed by atoms with E-state index in [1.54, 1.807) is 13.2 Å². The topological polar surface area (TPSA) is 146 Å². The van der Waals surface area contributed by atoms with Gasteiger partial charge in [-0.2, -0.15) is 8.42 Å². The van der Waals surface area contributed by atoms with Gasteiger partial charge in [-0.3, -0.25) is 4.18 Å². The quantitative estimate of drug-likeness (QED) is 0.526. The molecular weight excluding hydrogens is 436 g/mol. The highest BCUT2D eigenvalue weighted by atomic mass is 32.2. The third-order valence-corrected chi connectivity index (χ3v) is 6.52. The predicted octanol–water partition coefficient (Wildman–Crippen LogP) is 1.33. The largest absolute Gasteiger partial charge is 0.474 e. The van der Waals surface area contributed by atoms with Gasteiger partial charge < -0.3 is 19.9 Å². The molecule has 2 aromatic rings. The van der Waals surface area contributed by atoms with Crippen molar-refractivity contribution in [2.75, 3.05) is 19.0 Å². The molecule has 4 N–H and O–H groups in total. The van der Waals surface area contributed by atoms with Crippen LogP contribution in [0.5, 0.6) is 5.88 Å². The molecule has 10 nitrogen and oxygen atoms in total. The minimum absolute atomic E-state index is 0.00814. The molecular formula is C21H28N4O6S. The number of fused-ring (bicyclic) bond motifs is 1. The molecule has 1 heterocycles. The smallest absolute Gasteiger partial charge is 0.333 e. The average Bonchev–Trinajstić information content (AvgIpc) is 3.11. The van der Waals surface area contributed by atoms with Crippen LogP contribution in [-0.4, -0.2) is 55.5 Å². The van der Waals surface area contributed by atoms with Crippen LogP contribution in [0.2, 0.25) is 0 Å². The number of nitrogens with one attached hydrogen (secondary N) is 1. The molecule has 11 heteroatoms. The standard InChI is InChI=1S/C21H28N4O6S/c1-29-18-7-6-13-4-2-3-5-16(13)21(18)25-19-10-20(24-12-23-19)31-15-8-14(17(26)9-15)11-30-32(22,27)28/h2-5,10,12,14-15,17-18,21,26H,6-9,11H2,1H3,(H2,22,27,28)(H,23,24,25)/t14?,15?,17?,18-,21+/m0/s1. The first-order chi connectivity index (χ1) is 15.3. The van der Waals surface area contributed by atoms with E-state index in [1.807, 2.05) is 12.1 Å². The lowest BCUT2D eigenvalue weighted by Gasteiger charge is -2.33. The van der Waals surface area contributed by atoms with Crippen LogP contribution in [0.1, 0.15) is 36.4 Å². The molecule has 5 atom stereocenters. The van der Waals surface area contributed by atoms with Crippen molar-refractivity contribution >= 4 is 16.1 Å². The highest BCUT2D eigenvalue weighted by Gasteiger charge is 2.36. The fraction of sp³-hybridized carbons (Fsp3) is 0.524. The van der Waals surface area contributed by atoms with Crippen LogP contribution in [-0.2, 0) is 25.6 Å². The summed E-state index contributed by atoms with van der Waals surface area (Å²) in [5.41, 5.74) is 2.47. The molecule has 174 valence electrons. The molecule has 1 saturated carbocycles. The summed E-state index contributed by atoms with van der Waals surface area (Å²) in [7, 11) is -2.34. The van der Waals surface area contributed by atoms with Crippen molar-refractivity contribution in [3.05, 3.63) is 47.8 Å². The Balaban J connectivity index is 1.42. The van der Waals surface area contributed by atoms with Gasteiger partial charge in [-0.1, -0.05) is 24.3 Å². The Labute approximate surface area is 187 Å². The highest BCUT2D eigenvalue weighted by molar-refractivity contribution is 7.84. The summed E-state index contributed by atoms with van der Waals surface area (Å²) >= 11 is 0. The van der Waals surface area contributed by atoms with E-state index in [4.69, 9.17) is 14.6 Å². The monoisotopic (exact) mass is 464 g/mol. The highest BCUT2D eigenvalue weighted by Crippen LogP contribution is 2.35. The molecule has 0 amide bonds. The van der Waals surface area contributed by atoms with Crippen molar-refractivity contribution in [3.63, 3.8) is 0 Å². The summed E-state index contributed by atoms with van der Waals surface area (Å²) in [5.74, 6) is 0.580. The van der Waals surface area contributed by atoms with Gasteiger partial charge in [0.2, 0.25) is 5.88 Å². The molecule has 0 aliphatic heterocycles. The molecule has 32 heavy (non-hydrogen) atoms. The number of anilines is 1. The summed E-state index contributed by atoms with van der Waals surface area (Å²) in [6.07, 6.45) is 2.98. The second kappa shape index (κ2) is 9.67. The van der Waals surface area contributed by atoms with E-state index < -0.39 is 16.4 Å². The molecule has 2 aliphatic rings. The maximum absolute atomic E-state index is 11.0. The van der Waals surface area contributed by atoms with Gasteiger partial charge in [0.25, 0.3) is 0 Å². The lowest BCUT2D eigenvalue weighted by Crippen LogP contribution is -2.32. The Hall–Kier alpha value is -2.31. The van der Waals surface area contributed by atoms with Crippen LogP contribution in [0.25, 0.3) is 0 Å². The maximum atomic E-state index is 11.0. The number of aliphatic hydroxyl groups excluding tert-OH is 1. The zero-order chi connectivity index (χ0) is 22.7. The lowest BCUT2D eigenvalue weighted by molar-refractivity contribution is 0.0735. The third-order valence-electron chi connectivity index (χ3n) is 6.06. The number of hydrogen-bond acceptors (Lipinski definition) is 9. The maximum Gasteiger partial charge on any atom is 0.333 e. The Morgan fingerprint density at radius 3 is 2.84 bits per heavy atom. The van der Waals surface area contributed by atoms with Crippen LogP contribution < -0.4 is 15.2 Å². The number of rotatable bonds is 8. The zero-order valence-corrected chi connectivity index (χ0v) is 18.6. The van der Waals surface area contributed by atoms with Gasteiger partial charge in [-0.25, -0.2) is 15.1 Å². The van der Waals surface area contributed by atoms with Gasteiger partial charge in [-0.05, 0) is 30.4 Å². The van der Waals surface area contributed by atoms with Gasteiger partial charge in [0.1, 0.15) is 18.2 Å². The lowest BCUT2D eigenvalue weighted by atomic mass is 9.85. The predicted molar refractivity (Wildman–Crippen MR) is 116 cm³/mol. The van der Waals surface area contributed by atoms with Gasteiger partial charge in [0.05, 0.1) is 24.9 Å². The number of benzene rings is 1. The number of nitrogens with two attached hydrogens (primary N) is 1. The van der Waals surface area contributed by atoms with Crippen molar-refractivity contribution in [2.45, 2.75) is 50.0 Å². The van der Waals surface area contributed by atoms with Crippen molar-refractivity contribution in [3.8, 4) is 5.88 Å². The van der Waals surface area contributed by atoms with Gasteiger partial charge in [0.15, 0.2) is 0 Å². The average molecular weight is 465 g/mol. The fourth-order valence-electron chi connectivity index (χ4n) is 4.48. The number of aromatic nitrogens is 2. The van der Waals surface area contributed by atoms with E-state index in [2.05, 4.69) is 31.6 Å². The Kier molecular flexibility index (Phi) is 6.91. The first-order valence-corrected chi connectivity index (χ1v) is 12.0. The molecule has 1 aromatic carbocycles. The van der Waals surface area contributed by atoms with Gasteiger partial charge >= 0.3 is 10.3 Å². The fourth-order valence-corrected chi connectivity index (χ4v) is 4.84. The second-order valence-electron chi connectivity index (χ2n) is 8.19. The molecule has 3 unspecified atom stereocenters. The van der Waals surface area contributed by atoms with Gasteiger partial charge in [-0.15, -0.1) is 0 Å². The normalized spacial score (nSPS) is 27.7. The summed E-state index contributed by atoms with van der Waals surface area (Å²) in [5, 5.41) is 18.5. The third kappa shape index (κ3) is 5.54.